The van der Waals surface area contributed by atoms with Gasteiger partial charge in [0.2, 0.25) is 0 Å². The summed E-state index contributed by atoms with van der Waals surface area (Å²) in [6, 6.07) is 14.3. The van der Waals surface area contributed by atoms with E-state index in [9.17, 15) is 0 Å². The first-order valence-electron chi connectivity index (χ1n) is 6.42. The SMILES string of the molecule is Cc1cc(C)cc(NC(N)=NCc2cccc(Br)c2)c1. The summed E-state index contributed by atoms with van der Waals surface area (Å²) >= 11 is 3.44. The van der Waals surface area contributed by atoms with Gasteiger partial charge in [-0.25, -0.2) is 4.99 Å². The molecule has 3 N–H and O–H groups in total. The van der Waals surface area contributed by atoms with Crippen molar-refractivity contribution in [1.29, 1.82) is 0 Å². The fraction of sp³-hybridized carbons (Fsp3) is 0.188. The summed E-state index contributed by atoms with van der Waals surface area (Å²) in [5, 5.41) is 3.12. The first-order valence-corrected chi connectivity index (χ1v) is 7.22. The van der Waals surface area contributed by atoms with Gasteiger partial charge in [-0.15, -0.1) is 0 Å². The first-order chi connectivity index (χ1) is 9.52. The molecule has 0 aliphatic heterocycles. The van der Waals surface area contributed by atoms with Crippen LogP contribution in [0.15, 0.2) is 51.9 Å². The zero-order valence-corrected chi connectivity index (χ0v) is 13.2. The highest BCUT2D eigenvalue weighted by Crippen LogP contribution is 2.14. The van der Waals surface area contributed by atoms with E-state index in [1.54, 1.807) is 0 Å². The number of aryl methyl sites for hydroxylation is 2. The summed E-state index contributed by atoms with van der Waals surface area (Å²) < 4.78 is 1.05. The Kier molecular flexibility index (Phi) is 4.79. The molecule has 20 heavy (non-hydrogen) atoms. The maximum Gasteiger partial charge on any atom is 0.193 e. The van der Waals surface area contributed by atoms with Crippen LogP contribution in [-0.2, 0) is 6.54 Å². The molecule has 0 unspecified atom stereocenters. The molecule has 0 spiro atoms. The summed E-state index contributed by atoms with van der Waals surface area (Å²) in [5.74, 6) is 0.426. The molecule has 4 heteroatoms. The van der Waals surface area contributed by atoms with E-state index in [1.807, 2.05) is 24.3 Å². The predicted octanol–water partition coefficient (Wildman–Crippen LogP) is 3.99. The fourth-order valence-corrected chi connectivity index (χ4v) is 2.49. The molecule has 0 heterocycles. The van der Waals surface area contributed by atoms with E-state index < -0.39 is 0 Å². The smallest absolute Gasteiger partial charge is 0.193 e. The lowest BCUT2D eigenvalue weighted by Crippen LogP contribution is -2.22. The number of benzene rings is 2. The van der Waals surface area contributed by atoms with E-state index in [2.05, 4.69) is 58.3 Å². The molecule has 3 nitrogen and oxygen atoms in total. The maximum atomic E-state index is 5.92. The Morgan fingerprint density at radius 1 is 1.15 bits per heavy atom. The first kappa shape index (κ1) is 14.6. The summed E-state index contributed by atoms with van der Waals surface area (Å²) in [7, 11) is 0. The Morgan fingerprint density at radius 3 is 2.50 bits per heavy atom. The molecule has 104 valence electrons. The van der Waals surface area contributed by atoms with Crippen molar-refractivity contribution in [3.63, 3.8) is 0 Å². The predicted molar refractivity (Wildman–Crippen MR) is 89.0 cm³/mol. The molecule has 2 rings (SSSR count). The van der Waals surface area contributed by atoms with Crippen molar-refractivity contribution in [2.45, 2.75) is 20.4 Å². The minimum absolute atomic E-state index is 0.426. The average molecular weight is 332 g/mol. The van der Waals surface area contributed by atoms with Gasteiger partial charge in [0, 0.05) is 10.2 Å². The number of anilines is 1. The Bertz CT molecular complexity index is 615. The van der Waals surface area contributed by atoms with Gasteiger partial charge in [0.15, 0.2) is 5.96 Å². The highest BCUT2D eigenvalue weighted by atomic mass is 79.9. The van der Waals surface area contributed by atoms with Crippen LogP contribution in [0.5, 0.6) is 0 Å². The number of rotatable bonds is 3. The molecule has 0 aliphatic carbocycles. The number of aliphatic imine (C=N–C) groups is 1. The average Bonchev–Trinajstić information content (AvgIpc) is 2.35. The largest absolute Gasteiger partial charge is 0.370 e. The Labute approximate surface area is 128 Å². The van der Waals surface area contributed by atoms with E-state index in [0.717, 1.165) is 15.7 Å². The van der Waals surface area contributed by atoms with Gasteiger partial charge in [0.1, 0.15) is 0 Å². The lowest BCUT2D eigenvalue weighted by atomic mass is 10.1. The van der Waals surface area contributed by atoms with E-state index in [0.29, 0.717) is 12.5 Å². The minimum Gasteiger partial charge on any atom is -0.370 e. The molecular formula is C16H18BrN3. The van der Waals surface area contributed by atoms with E-state index in [-0.39, 0.29) is 0 Å². The van der Waals surface area contributed by atoms with Crippen molar-refractivity contribution in [3.05, 3.63) is 63.6 Å². The highest BCUT2D eigenvalue weighted by molar-refractivity contribution is 9.10. The van der Waals surface area contributed by atoms with Gasteiger partial charge < -0.3 is 11.1 Å². The van der Waals surface area contributed by atoms with Crippen molar-refractivity contribution in [3.8, 4) is 0 Å². The summed E-state index contributed by atoms with van der Waals surface area (Å²) in [5.41, 5.74) is 10.4. The van der Waals surface area contributed by atoms with Crippen LogP contribution in [0.3, 0.4) is 0 Å². The van der Waals surface area contributed by atoms with Crippen LogP contribution in [-0.4, -0.2) is 5.96 Å². The van der Waals surface area contributed by atoms with Gasteiger partial charge in [-0.2, -0.15) is 0 Å². The van der Waals surface area contributed by atoms with Crippen molar-refractivity contribution >= 4 is 27.6 Å². The number of halogens is 1. The number of guanidine groups is 1. The molecule has 0 atom stereocenters. The van der Waals surface area contributed by atoms with Gasteiger partial charge in [0.05, 0.1) is 6.54 Å². The van der Waals surface area contributed by atoms with Crippen LogP contribution in [0.4, 0.5) is 5.69 Å². The third-order valence-electron chi connectivity index (χ3n) is 2.82. The van der Waals surface area contributed by atoms with E-state index >= 15 is 0 Å². The van der Waals surface area contributed by atoms with E-state index in [1.165, 1.54) is 11.1 Å². The van der Waals surface area contributed by atoms with Gasteiger partial charge in [0.25, 0.3) is 0 Å². The Hall–Kier alpha value is -1.81. The molecule has 0 amide bonds. The van der Waals surface area contributed by atoms with Gasteiger partial charge in [-0.1, -0.05) is 34.1 Å². The van der Waals surface area contributed by atoms with Crippen LogP contribution in [0.1, 0.15) is 16.7 Å². The van der Waals surface area contributed by atoms with Crippen molar-refractivity contribution in [2.75, 3.05) is 5.32 Å². The van der Waals surface area contributed by atoms with E-state index in [4.69, 9.17) is 5.73 Å². The second-order valence-corrected chi connectivity index (χ2v) is 5.75. The lowest BCUT2D eigenvalue weighted by molar-refractivity contribution is 1.06. The monoisotopic (exact) mass is 331 g/mol. The summed E-state index contributed by atoms with van der Waals surface area (Å²) in [4.78, 5) is 4.35. The van der Waals surface area contributed by atoms with Gasteiger partial charge in [-0.3, -0.25) is 0 Å². The van der Waals surface area contributed by atoms with Crippen molar-refractivity contribution < 1.29 is 0 Å². The number of hydrogen-bond donors (Lipinski definition) is 2. The Balaban J connectivity index is 2.04. The molecule has 0 saturated carbocycles. The maximum absolute atomic E-state index is 5.92. The molecule has 0 radical (unpaired) electrons. The number of nitrogens with one attached hydrogen (secondary N) is 1. The molecular weight excluding hydrogens is 314 g/mol. The lowest BCUT2D eigenvalue weighted by Gasteiger charge is -2.08. The summed E-state index contributed by atoms with van der Waals surface area (Å²) in [6.07, 6.45) is 0. The van der Waals surface area contributed by atoms with Crippen molar-refractivity contribution in [1.82, 2.24) is 0 Å². The van der Waals surface area contributed by atoms with Crippen LogP contribution in [0.25, 0.3) is 0 Å². The molecule has 0 aliphatic rings. The second kappa shape index (κ2) is 6.57. The summed E-state index contributed by atoms with van der Waals surface area (Å²) in [6.45, 7) is 4.68. The molecule has 0 fully saturated rings. The quantitative estimate of drug-likeness (QED) is 0.659. The normalized spacial score (nSPS) is 11.4. The van der Waals surface area contributed by atoms with Gasteiger partial charge >= 0.3 is 0 Å². The van der Waals surface area contributed by atoms with Crippen LogP contribution in [0, 0.1) is 13.8 Å². The minimum atomic E-state index is 0.426. The zero-order valence-electron chi connectivity index (χ0n) is 11.7. The molecule has 0 aromatic heterocycles. The number of nitrogens with two attached hydrogens (primary N) is 1. The molecule has 2 aromatic rings. The molecule has 0 bridgehead atoms. The molecule has 2 aromatic carbocycles. The number of hydrogen-bond acceptors (Lipinski definition) is 1. The third-order valence-corrected chi connectivity index (χ3v) is 3.31. The second-order valence-electron chi connectivity index (χ2n) is 4.83. The van der Waals surface area contributed by atoms with Crippen molar-refractivity contribution in [2.24, 2.45) is 10.7 Å². The zero-order chi connectivity index (χ0) is 14.5. The Morgan fingerprint density at radius 2 is 1.85 bits per heavy atom. The highest BCUT2D eigenvalue weighted by Gasteiger charge is 1.98. The third kappa shape index (κ3) is 4.38. The number of nitrogens with zero attached hydrogens (tertiary/aromatic N) is 1. The van der Waals surface area contributed by atoms with Crippen LogP contribution in [0.2, 0.25) is 0 Å². The van der Waals surface area contributed by atoms with Crippen LogP contribution < -0.4 is 11.1 Å². The molecule has 0 saturated heterocycles. The van der Waals surface area contributed by atoms with Gasteiger partial charge in [-0.05, 0) is 54.8 Å². The topological polar surface area (TPSA) is 50.4 Å². The standard InChI is InChI=1S/C16H18BrN3/c1-11-6-12(2)8-15(7-11)20-16(18)19-10-13-4-3-5-14(17)9-13/h3-9H,10H2,1-2H3,(H3,18,19,20). The van der Waals surface area contributed by atoms with Crippen LogP contribution >= 0.6 is 15.9 Å². The fourth-order valence-electron chi connectivity index (χ4n) is 2.05.